The van der Waals surface area contributed by atoms with Gasteiger partial charge in [-0.05, 0) is 19.4 Å². The summed E-state index contributed by atoms with van der Waals surface area (Å²) in [5.41, 5.74) is 6.61. The van der Waals surface area contributed by atoms with Crippen molar-refractivity contribution >= 4 is 5.91 Å². The van der Waals surface area contributed by atoms with E-state index in [1.165, 1.54) is 0 Å². The number of aromatic nitrogens is 1. The summed E-state index contributed by atoms with van der Waals surface area (Å²) in [6.45, 7) is 4.46. The second-order valence-electron chi connectivity index (χ2n) is 4.52. The van der Waals surface area contributed by atoms with Crippen LogP contribution in [0.15, 0.2) is 18.5 Å². The van der Waals surface area contributed by atoms with Crippen LogP contribution in [0.4, 0.5) is 0 Å². The first-order valence-corrected chi connectivity index (χ1v) is 6.51. The van der Waals surface area contributed by atoms with E-state index in [1.54, 1.807) is 23.4 Å². The van der Waals surface area contributed by atoms with Crippen molar-refractivity contribution in [2.24, 2.45) is 5.73 Å². The predicted octanol–water partition coefficient (Wildman–Crippen LogP) is 1.65. The Labute approximate surface area is 115 Å². The van der Waals surface area contributed by atoms with Gasteiger partial charge in [-0.1, -0.05) is 25.2 Å². The molecule has 1 rings (SSSR count). The second-order valence-corrected chi connectivity index (χ2v) is 4.52. The number of carbonyl (C=O) groups excluding carboxylic acids is 1. The van der Waals surface area contributed by atoms with Gasteiger partial charge in [0.15, 0.2) is 0 Å². The van der Waals surface area contributed by atoms with Gasteiger partial charge in [0.25, 0.3) is 5.91 Å². The summed E-state index contributed by atoms with van der Waals surface area (Å²) in [4.78, 5) is 18.1. The molecule has 0 bridgehead atoms. The lowest BCUT2D eigenvalue weighted by Gasteiger charge is -2.24. The monoisotopic (exact) mass is 259 g/mol. The standard InChI is InChI=1S/C15H21N3O/c1-4-6-12(2)18(3)15(19)14-9-13(7-5-8-16)10-17-11-14/h9-12H,4,6,8,16H2,1-3H3. The molecule has 0 aromatic carbocycles. The molecule has 102 valence electrons. The SMILES string of the molecule is CCCC(C)N(C)C(=O)c1cncc(C#CCN)c1. The highest BCUT2D eigenvalue weighted by atomic mass is 16.2. The normalized spacial score (nSPS) is 11.4. The topological polar surface area (TPSA) is 59.2 Å². The number of pyridine rings is 1. The molecule has 0 aliphatic rings. The molecule has 2 N–H and O–H groups in total. The van der Waals surface area contributed by atoms with Gasteiger partial charge < -0.3 is 10.6 Å². The van der Waals surface area contributed by atoms with Crippen molar-refractivity contribution in [2.75, 3.05) is 13.6 Å². The van der Waals surface area contributed by atoms with Crippen LogP contribution in [-0.4, -0.2) is 35.4 Å². The van der Waals surface area contributed by atoms with Gasteiger partial charge in [0.1, 0.15) is 0 Å². The summed E-state index contributed by atoms with van der Waals surface area (Å²) in [7, 11) is 1.82. The van der Waals surface area contributed by atoms with Crippen molar-refractivity contribution in [3.63, 3.8) is 0 Å². The third-order valence-electron chi connectivity index (χ3n) is 3.01. The zero-order chi connectivity index (χ0) is 14.3. The Kier molecular flexibility index (Phi) is 6.04. The molecule has 19 heavy (non-hydrogen) atoms. The van der Waals surface area contributed by atoms with Crippen LogP contribution in [-0.2, 0) is 0 Å². The largest absolute Gasteiger partial charge is 0.339 e. The van der Waals surface area contributed by atoms with Crippen molar-refractivity contribution in [3.05, 3.63) is 29.6 Å². The van der Waals surface area contributed by atoms with Crippen molar-refractivity contribution in [2.45, 2.75) is 32.7 Å². The van der Waals surface area contributed by atoms with Gasteiger partial charge in [-0.25, -0.2) is 0 Å². The number of nitrogens with zero attached hydrogens (tertiary/aromatic N) is 2. The second kappa shape index (κ2) is 7.55. The lowest BCUT2D eigenvalue weighted by Crippen LogP contribution is -2.35. The van der Waals surface area contributed by atoms with Crippen molar-refractivity contribution < 1.29 is 4.79 Å². The van der Waals surface area contributed by atoms with Gasteiger partial charge in [-0.2, -0.15) is 0 Å². The van der Waals surface area contributed by atoms with Gasteiger partial charge in [-0.15, -0.1) is 0 Å². The molecule has 0 aliphatic heterocycles. The Bertz CT molecular complexity index is 488. The van der Waals surface area contributed by atoms with Gasteiger partial charge in [0, 0.05) is 31.0 Å². The van der Waals surface area contributed by atoms with Crippen LogP contribution in [0, 0.1) is 11.8 Å². The number of rotatable bonds is 4. The Morgan fingerprint density at radius 3 is 2.89 bits per heavy atom. The number of nitrogens with two attached hydrogens (primary N) is 1. The highest BCUT2D eigenvalue weighted by Gasteiger charge is 2.17. The van der Waals surface area contributed by atoms with Crippen LogP contribution in [0.25, 0.3) is 0 Å². The highest BCUT2D eigenvalue weighted by Crippen LogP contribution is 2.10. The maximum atomic E-state index is 12.3. The molecular formula is C15H21N3O. The molecule has 0 spiro atoms. The predicted molar refractivity (Wildman–Crippen MR) is 76.6 cm³/mol. The van der Waals surface area contributed by atoms with Crippen molar-refractivity contribution in [3.8, 4) is 11.8 Å². The van der Waals surface area contributed by atoms with Crippen LogP contribution < -0.4 is 5.73 Å². The first kappa shape index (κ1) is 15.2. The van der Waals surface area contributed by atoms with E-state index in [2.05, 4.69) is 23.7 Å². The zero-order valence-electron chi connectivity index (χ0n) is 11.8. The van der Waals surface area contributed by atoms with Crippen LogP contribution in [0.1, 0.15) is 42.6 Å². The summed E-state index contributed by atoms with van der Waals surface area (Å²) in [6, 6.07) is 1.98. The molecule has 1 aromatic heterocycles. The minimum atomic E-state index is -0.0233. The number of carbonyl (C=O) groups is 1. The fourth-order valence-corrected chi connectivity index (χ4v) is 1.79. The number of amides is 1. The smallest absolute Gasteiger partial charge is 0.255 e. The molecule has 1 unspecified atom stereocenters. The van der Waals surface area contributed by atoms with E-state index >= 15 is 0 Å². The maximum Gasteiger partial charge on any atom is 0.255 e. The molecule has 4 heteroatoms. The van der Waals surface area contributed by atoms with Crippen LogP contribution in [0.5, 0.6) is 0 Å². The first-order valence-electron chi connectivity index (χ1n) is 6.51. The number of hydrogen-bond donors (Lipinski definition) is 1. The molecule has 0 radical (unpaired) electrons. The average Bonchev–Trinajstić information content (AvgIpc) is 2.44. The molecule has 1 heterocycles. The minimum Gasteiger partial charge on any atom is -0.339 e. The van der Waals surface area contributed by atoms with E-state index in [-0.39, 0.29) is 11.9 Å². The molecule has 1 amide bonds. The highest BCUT2D eigenvalue weighted by molar-refractivity contribution is 5.94. The Balaban J connectivity index is 2.87. The van der Waals surface area contributed by atoms with E-state index in [4.69, 9.17) is 5.73 Å². The molecular weight excluding hydrogens is 238 g/mol. The van der Waals surface area contributed by atoms with E-state index < -0.39 is 0 Å². The van der Waals surface area contributed by atoms with Crippen LogP contribution >= 0.6 is 0 Å². The zero-order valence-corrected chi connectivity index (χ0v) is 11.8. The summed E-state index contributed by atoms with van der Waals surface area (Å²) < 4.78 is 0. The van der Waals surface area contributed by atoms with Crippen LogP contribution in [0.3, 0.4) is 0 Å². The fourth-order valence-electron chi connectivity index (χ4n) is 1.79. The maximum absolute atomic E-state index is 12.3. The van der Waals surface area contributed by atoms with E-state index in [0.717, 1.165) is 12.8 Å². The Hall–Kier alpha value is -1.86. The van der Waals surface area contributed by atoms with E-state index in [0.29, 0.717) is 17.7 Å². The van der Waals surface area contributed by atoms with Gasteiger partial charge in [-0.3, -0.25) is 9.78 Å². The summed E-state index contributed by atoms with van der Waals surface area (Å²) in [5.74, 6) is 5.62. The molecule has 1 aromatic rings. The average molecular weight is 259 g/mol. The molecule has 0 fully saturated rings. The van der Waals surface area contributed by atoms with Gasteiger partial charge in [0.2, 0.25) is 0 Å². The van der Waals surface area contributed by atoms with Gasteiger partial charge in [0.05, 0.1) is 12.1 Å². The molecule has 0 saturated heterocycles. The molecule has 4 nitrogen and oxygen atoms in total. The van der Waals surface area contributed by atoms with Crippen molar-refractivity contribution in [1.82, 2.24) is 9.88 Å². The molecule has 1 atom stereocenters. The third kappa shape index (κ3) is 4.38. The summed E-state index contributed by atoms with van der Waals surface area (Å²) in [5, 5.41) is 0. The van der Waals surface area contributed by atoms with Gasteiger partial charge >= 0.3 is 0 Å². The third-order valence-corrected chi connectivity index (χ3v) is 3.01. The van der Waals surface area contributed by atoms with E-state index in [1.807, 2.05) is 14.0 Å². The molecule has 0 saturated carbocycles. The van der Waals surface area contributed by atoms with E-state index in [9.17, 15) is 4.79 Å². The van der Waals surface area contributed by atoms with Crippen LogP contribution in [0.2, 0.25) is 0 Å². The minimum absolute atomic E-state index is 0.0233. The lowest BCUT2D eigenvalue weighted by atomic mass is 10.1. The summed E-state index contributed by atoms with van der Waals surface area (Å²) >= 11 is 0. The quantitative estimate of drug-likeness (QED) is 0.836. The van der Waals surface area contributed by atoms with Crippen molar-refractivity contribution in [1.29, 1.82) is 0 Å². The Morgan fingerprint density at radius 1 is 1.53 bits per heavy atom. The lowest BCUT2D eigenvalue weighted by molar-refractivity contribution is 0.0736. The number of hydrogen-bond acceptors (Lipinski definition) is 3. The first-order chi connectivity index (χ1) is 9.10. The summed E-state index contributed by atoms with van der Waals surface area (Å²) in [6.07, 6.45) is 5.25. The molecule has 0 aliphatic carbocycles. The Morgan fingerprint density at radius 2 is 2.26 bits per heavy atom. The fraction of sp³-hybridized carbons (Fsp3) is 0.467.